The topological polar surface area (TPSA) is 38.7 Å². The zero-order valence-electron chi connectivity index (χ0n) is 24.5. The molecular weight excluding hydrogens is 452 g/mol. The molecule has 2 fully saturated rings. The van der Waals surface area contributed by atoms with E-state index in [1.54, 1.807) is 0 Å². The summed E-state index contributed by atoms with van der Waals surface area (Å²) in [5.74, 6) is 0.784. The van der Waals surface area contributed by atoms with Crippen LogP contribution in [0.5, 0.6) is 0 Å². The summed E-state index contributed by atoms with van der Waals surface area (Å²) < 4.78 is 13.9. The highest BCUT2D eigenvalue weighted by Crippen LogP contribution is 2.63. The van der Waals surface area contributed by atoms with Crippen LogP contribution in [0.15, 0.2) is 12.2 Å². The molecule has 0 aliphatic heterocycles. The molecule has 0 aromatic heterocycles. The molecule has 5 atom stereocenters. The normalized spacial score (nSPS) is 33.1. The van der Waals surface area contributed by atoms with Crippen LogP contribution in [0.4, 0.5) is 0 Å². The predicted molar refractivity (Wildman–Crippen MR) is 152 cm³/mol. The molecule has 200 valence electrons. The van der Waals surface area contributed by atoms with Crippen LogP contribution >= 0.6 is 0 Å². The molecule has 0 spiro atoms. The van der Waals surface area contributed by atoms with Gasteiger partial charge in [0.2, 0.25) is 0 Å². The fraction of sp³-hybridized carbons (Fsp3) is 0.931. The van der Waals surface area contributed by atoms with Gasteiger partial charge in [0.25, 0.3) is 0 Å². The highest BCUT2D eigenvalue weighted by atomic mass is 28.4. The zero-order chi connectivity index (χ0) is 26.0. The summed E-state index contributed by atoms with van der Waals surface area (Å²) >= 11 is 0. The van der Waals surface area contributed by atoms with E-state index in [4.69, 9.17) is 8.85 Å². The summed E-state index contributed by atoms with van der Waals surface area (Å²) in [4.78, 5) is 0. The third-order valence-electron chi connectivity index (χ3n) is 11.0. The van der Waals surface area contributed by atoms with Crippen LogP contribution in [0.25, 0.3) is 0 Å². The molecule has 5 heteroatoms. The van der Waals surface area contributed by atoms with Crippen molar-refractivity contribution < 1.29 is 14.0 Å². The van der Waals surface area contributed by atoms with Crippen LogP contribution in [-0.2, 0) is 8.85 Å². The molecule has 2 rings (SSSR count). The molecule has 1 N–H and O–H groups in total. The summed E-state index contributed by atoms with van der Waals surface area (Å²) in [6.45, 7) is 29.2. The van der Waals surface area contributed by atoms with Crippen LogP contribution in [0.1, 0.15) is 93.9 Å². The Labute approximate surface area is 214 Å². The van der Waals surface area contributed by atoms with Gasteiger partial charge in [-0.05, 0) is 91.5 Å². The van der Waals surface area contributed by atoms with Gasteiger partial charge in [-0.15, -0.1) is 0 Å². The standard InChI is InChI=1S/C29H58O3Si2/c1-12-34(13-2,14-3)32-26-18-20-28(8)24(22-30)23(4)16-17-25(28)29(26,9)19-15-21-31-33(10,11)27(5,6)7/h24-26,30H,4,12-22H2,1-3,5-11H3/t24-,25-,26-,28+,29+/m1/s1. The van der Waals surface area contributed by atoms with Crippen molar-refractivity contribution in [3.63, 3.8) is 0 Å². The first-order valence-corrected chi connectivity index (χ1v) is 19.7. The van der Waals surface area contributed by atoms with Crippen LogP contribution < -0.4 is 0 Å². The van der Waals surface area contributed by atoms with Crippen LogP contribution in [0.3, 0.4) is 0 Å². The Morgan fingerprint density at radius 3 is 2.15 bits per heavy atom. The molecule has 0 radical (unpaired) electrons. The third kappa shape index (κ3) is 5.79. The summed E-state index contributed by atoms with van der Waals surface area (Å²) in [6.07, 6.45) is 7.07. The lowest BCUT2D eigenvalue weighted by molar-refractivity contribution is -0.137. The maximum atomic E-state index is 10.4. The van der Waals surface area contributed by atoms with E-state index in [0.29, 0.717) is 12.0 Å². The summed E-state index contributed by atoms with van der Waals surface area (Å²) in [5, 5.41) is 10.6. The Hall–Kier alpha value is 0.0538. The minimum atomic E-state index is -1.73. The molecule has 0 aromatic carbocycles. The lowest BCUT2D eigenvalue weighted by atomic mass is 9.46. The van der Waals surface area contributed by atoms with E-state index in [-0.39, 0.29) is 28.4 Å². The molecule has 0 amide bonds. The summed E-state index contributed by atoms with van der Waals surface area (Å²) in [5.41, 5.74) is 1.51. The number of hydrogen-bond acceptors (Lipinski definition) is 3. The molecule has 0 saturated heterocycles. The maximum Gasteiger partial charge on any atom is 0.192 e. The third-order valence-corrected chi connectivity index (χ3v) is 20.1. The van der Waals surface area contributed by atoms with Crippen molar-refractivity contribution in [3.8, 4) is 0 Å². The van der Waals surface area contributed by atoms with Gasteiger partial charge < -0.3 is 14.0 Å². The molecule has 2 aliphatic rings. The van der Waals surface area contributed by atoms with Crippen molar-refractivity contribution in [3.05, 3.63) is 12.2 Å². The molecule has 2 aliphatic carbocycles. The Morgan fingerprint density at radius 1 is 1.06 bits per heavy atom. The molecule has 3 nitrogen and oxygen atoms in total. The average molecular weight is 511 g/mol. The number of fused-ring (bicyclic) bond motifs is 1. The van der Waals surface area contributed by atoms with Crippen LogP contribution in [0, 0.1) is 22.7 Å². The van der Waals surface area contributed by atoms with Gasteiger partial charge >= 0.3 is 0 Å². The second-order valence-corrected chi connectivity index (χ2v) is 23.1. The quantitative estimate of drug-likeness (QED) is 0.172. The maximum absolute atomic E-state index is 10.4. The van der Waals surface area contributed by atoms with Crippen molar-refractivity contribution in [2.45, 2.75) is 136 Å². The van der Waals surface area contributed by atoms with Crippen molar-refractivity contribution in [1.29, 1.82) is 0 Å². The number of aliphatic hydroxyl groups excluding tert-OH is 1. The Kier molecular flexibility index (Phi) is 9.98. The van der Waals surface area contributed by atoms with Crippen molar-refractivity contribution >= 4 is 16.6 Å². The number of hydrogen-bond donors (Lipinski definition) is 1. The van der Waals surface area contributed by atoms with Crippen LogP contribution in [0.2, 0.25) is 36.3 Å². The minimum absolute atomic E-state index is 0.119. The van der Waals surface area contributed by atoms with Gasteiger partial charge in [0.15, 0.2) is 16.6 Å². The van der Waals surface area contributed by atoms with E-state index in [1.165, 1.54) is 30.1 Å². The van der Waals surface area contributed by atoms with Crippen molar-refractivity contribution in [1.82, 2.24) is 0 Å². The van der Waals surface area contributed by atoms with E-state index in [2.05, 4.69) is 75.1 Å². The Morgan fingerprint density at radius 2 is 1.65 bits per heavy atom. The summed E-state index contributed by atoms with van der Waals surface area (Å²) in [7, 11) is -3.44. The molecular formula is C29H58O3Si2. The van der Waals surface area contributed by atoms with Gasteiger partial charge in [0, 0.05) is 12.5 Å². The smallest absolute Gasteiger partial charge is 0.192 e. The fourth-order valence-corrected chi connectivity index (χ4v) is 11.2. The van der Waals surface area contributed by atoms with Crippen molar-refractivity contribution in [2.24, 2.45) is 22.7 Å². The Bertz CT molecular complexity index is 673. The number of rotatable bonds is 11. The van der Waals surface area contributed by atoms with E-state index >= 15 is 0 Å². The molecule has 2 saturated carbocycles. The SMILES string of the molecule is C=C1CC[C@H]2[C@](C)(CCCO[Si](C)(C)C(C)(C)C)[C@H](O[Si](CC)(CC)CC)CC[C@@]2(C)[C@@H]1CO. The fourth-order valence-electron chi connectivity index (χ4n) is 7.14. The predicted octanol–water partition coefficient (Wildman–Crippen LogP) is 8.56. The van der Waals surface area contributed by atoms with E-state index in [9.17, 15) is 5.11 Å². The first-order valence-electron chi connectivity index (χ1n) is 14.3. The highest BCUT2D eigenvalue weighted by Gasteiger charge is 2.58. The Balaban J connectivity index is 2.32. The zero-order valence-corrected chi connectivity index (χ0v) is 26.5. The second kappa shape index (κ2) is 11.2. The van der Waals surface area contributed by atoms with Gasteiger partial charge in [-0.25, -0.2) is 0 Å². The second-order valence-electron chi connectivity index (χ2n) is 13.6. The first kappa shape index (κ1) is 30.3. The summed E-state index contributed by atoms with van der Waals surface area (Å²) in [6, 6.07) is 3.62. The van der Waals surface area contributed by atoms with Gasteiger partial charge in [-0.3, -0.25) is 0 Å². The monoisotopic (exact) mass is 510 g/mol. The minimum Gasteiger partial charge on any atom is -0.417 e. The first-order chi connectivity index (χ1) is 15.7. The molecule has 0 unspecified atom stereocenters. The molecule has 0 heterocycles. The lowest BCUT2D eigenvalue weighted by Gasteiger charge is -2.62. The average Bonchev–Trinajstić information content (AvgIpc) is 2.76. The molecule has 0 bridgehead atoms. The van der Waals surface area contributed by atoms with Gasteiger partial charge in [0.1, 0.15) is 0 Å². The van der Waals surface area contributed by atoms with E-state index < -0.39 is 16.6 Å². The van der Waals surface area contributed by atoms with Gasteiger partial charge in [-0.1, -0.05) is 67.5 Å². The van der Waals surface area contributed by atoms with Gasteiger partial charge in [-0.2, -0.15) is 0 Å². The van der Waals surface area contributed by atoms with E-state index in [1.807, 2.05) is 0 Å². The van der Waals surface area contributed by atoms with E-state index in [0.717, 1.165) is 38.7 Å². The van der Waals surface area contributed by atoms with Crippen molar-refractivity contribution in [2.75, 3.05) is 13.2 Å². The number of aliphatic hydroxyl groups is 1. The lowest BCUT2D eigenvalue weighted by Crippen LogP contribution is -2.59. The molecule has 34 heavy (non-hydrogen) atoms. The van der Waals surface area contributed by atoms with Crippen LogP contribution in [-0.4, -0.2) is 41.1 Å². The van der Waals surface area contributed by atoms with Gasteiger partial charge in [0.05, 0.1) is 12.7 Å². The molecule has 0 aromatic rings. The largest absolute Gasteiger partial charge is 0.417 e. The highest BCUT2D eigenvalue weighted by molar-refractivity contribution is 6.74.